The van der Waals surface area contributed by atoms with Crippen molar-refractivity contribution < 1.29 is 13.9 Å². The molecule has 1 atom stereocenters. The highest BCUT2D eigenvalue weighted by molar-refractivity contribution is 7.08. The van der Waals surface area contributed by atoms with E-state index in [9.17, 15) is 4.79 Å². The topological polar surface area (TPSA) is 98.6 Å². The number of carbonyl (C=O) groups is 1. The average Bonchev–Trinajstić information content (AvgIpc) is 3.59. The van der Waals surface area contributed by atoms with Crippen LogP contribution in [0.1, 0.15) is 23.8 Å². The van der Waals surface area contributed by atoms with Crippen molar-refractivity contribution in [2.75, 3.05) is 7.11 Å². The van der Waals surface area contributed by atoms with Crippen LogP contribution >= 0.6 is 11.3 Å². The fourth-order valence-corrected chi connectivity index (χ4v) is 4.05. The van der Waals surface area contributed by atoms with Crippen LogP contribution in [0.4, 0.5) is 0 Å². The highest BCUT2D eigenvalue weighted by Gasteiger charge is 2.35. The molecule has 4 aromatic rings. The highest BCUT2D eigenvalue weighted by atomic mass is 32.1. The smallest absolute Gasteiger partial charge is 0.267 e. The zero-order chi connectivity index (χ0) is 21.2. The van der Waals surface area contributed by atoms with E-state index in [0.29, 0.717) is 18.0 Å². The third-order valence-electron chi connectivity index (χ3n) is 4.97. The van der Waals surface area contributed by atoms with Gasteiger partial charge in [-0.15, -0.1) is 10.2 Å². The number of ether oxygens (including phenoxy) is 1. The predicted molar refractivity (Wildman–Crippen MR) is 114 cm³/mol. The first-order valence-corrected chi connectivity index (χ1v) is 10.5. The summed E-state index contributed by atoms with van der Waals surface area (Å²) in [5.74, 6) is 1.67. The maximum Gasteiger partial charge on any atom is 0.267 e. The van der Waals surface area contributed by atoms with Crippen molar-refractivity contribution in [2.45, 2.75) is 19.0 Å². The van der Waals surface area contributed by atoms with E-state index >= 15 is 0 Å². The normalized spacial score (nSPS) is 15.8. The molecule has 156 valence electrons. The van der Waals surface area contributed by atoms with Gasteiger partial charge in [-0.2, -0.15) is 21.2 Å². The van der Waals surface area contributed by atoms with Gasteiger partial charge in [0.2, 0.25) is 5.82 Å². The number of hydrogen-bond donors (Lipinski definition) is 0. The summed E-state index contributed by atoms with van der Waals surface area (Å²) in [6, 6.07) is 12.8. The van der Waals surface area contributed by atoms with Crippen LogP contribution in [0, 0.1) is 0 Å². The average molecular weight is 434 g/mol. The molecule has 0 N–H and O–H groups in total. The number of thiophene rings is 1. The van der Waals surface area contributed by atoms with Crippen molar-refractivity contribution in [3.05, 3.63) is 70.8 Å². The zero-order valence-corrected chi connectivity index (χ0v) is 17.4. The highest BCUT2D eigenvalue weighted by Crippen LogP contribution is 2.33. The lowest BCUT2D eigenvalue weighted by Gasteiger charge is -2.19. The van der Waals surface area contributed by atoms with Crippen LogP contribution in [0.15, 0.2) is 69.0 Å². The number of carbonyl (C=O) groups excluding carboxylic acids is 1. The molecule has 0 spiro atoms. The van der Waals surface area contributed by atoms with Gasteiger partial charge in [0.15, 0.2) is 0 Å². The third kappa shape index (κ3) is 3.84. The van der Waals surface area contributed by atoms with Crippen molar-refractivity contribution >= 4 is 23.0 Å². The minimum atomic E-state index is -0.334. The van der Waals surface area contributed by atoms with Crippen LogP contribution in [0.3, 0.4) is 0 Å². The van der Waals surface area contributed by atoms with Crippen LogP contribution in [0.25, 0.3) is 11.4 Å². The fourth-order valence-electron chi connectivity index (χ4n) is 3.41. The van der Waals surface area contributed by atoms with Gasteiger partial charge >= 0.3 is 0 Å². The fraction of sp³-hybridized carbons (Fsp3) is 0.190. The molecule has 1 amide bonds. The van der Waals surface area contributed by atoms with E-state index in [4.69, 9.17) is 9.15 Å². The number of rotatable bonds is 6. The van der Waals surface area contributed by atoms with Gasteiger partial charge in [-0.05, 0) is 58.6 Å². The first kappa shape index (κ1) is 19.2. The van der Waals surface area contributed by atoms with E-state index in [1.54, 1.807) is 30.8 Å². The molecular formula is C21H18N6O3S. The van der Waals surface area contributed by atoms with Gasteiger partial charge in [-0.3, -0.25) is 4.79 Å². The van der Waals surface area contributed by atoms with Gasteiger partial charge in [-0.1, -0.05) is 0 Å². The molecule has 10 heteroatoms. The summed E-state index contributed by atoms with van der Waals surface area (Å²) in [7, 11) is 1.62. The van der Waals surface area contributed by atoms with Gasteiger partial charge in [0.05, 0.1) is 19.1 Å². The zero-order valence-electron chi connectivity index (χ0n) is 16.6. The van der Waals surface area contributed by atoms with Gasteiger partial charge < -0.3 is 9.15 Å². The number of furan rings is 1. The molecule has 0 saturated carbocycles. The lowest BCUT2D eigenvalue weighted by atomic mass is 10.0. The van der Waals surface area contributed by atoms with Crippen molar-refractivity contribution in [3.8, 4) is 17.1 Å². The Morgan fingerprint density at radius 2 is 2.10 bits per heavy atom. The molecule has 0 saturated heterocycles. The summed E-state index contributed by atoms with van der Waals surface area (Å²) in [6.07, 6.45) is 2.13. The lowest BCUT2D eigenvalue weighted by molar-refractivity contribution is -0.134. The summed E-state index contributed by atoms with van der Waals surface area (Å²) in [5, 5.41) is 22.3. The van der Waals surface area contributed by atoms with E-state index in [0.717, 1.165) is 22.6 Å². The van der Waals surface area contributed by atoms with E-state index in [-0.39, 0.29) is 18.5 Å². The van der Waals surface area contributed by atoms with Gasteiger partial charge in [-0.25, -0.2) is 5.01 Å². The minimum absolute atomic E-state index is 0.0757. The number of benzene rings is 1. The standard InChI is InChI=1S/C21H18N6O3S/c1-29-16-6-4-14(5-7-16)17-11-18(19-3-2-9-30-19)27(23-17)20(28)12-26-24-21(22-25-26)15-8-10-31-13-15/h2-10,13,18H,11-12H2,1H3. The number of methoxy groups -OCH3 is 1. The van der Waals surface area contributed by atoms with Crippen LogP contribution < -0.4 is 4.74 Å². The maximum absolute atomic E-state index is 13.1. The second-order valence-corrected chi connectivity index (χ2v) is 7.68. The van der Waals surface area contributed by atoms with Gasteiger partial charge in [0.25, 0.3) is 5.91 Å². The number of tetrazole rings is 1. The molecule has 1 aromatic carbocycles. The first-order chi connectivity index (χ1) is 15.2. The molecule has 3 aromatic heterocycles. The lowest BCUT2D eigenvalue weighted by Crippen LogP contribution is -2.31. The molecule has 31 heavy (non-hydrogen) atoms. The Morgan fingerprint density at radius 3 is 2.81 bits per heavy atom. The molecule has 1 aliphatic rings. The summed E-state index contributed by atoms with van der Waals surface area (Å²) >= 11 is 1.55. The molecule has 0 fully saturated rings. The molecule has 1 aliphatic heterocycles. The van der Waals surface area contributed by atoms with E-state index in [1.807, 2.05) is 47.2 Å². The Labute approximate surface area is 181 Å². The molecule has 4 heterocycles. The number of nitrogens with zero attached hydrogens (tertiary/aromatic N) is 6. The SMILES string of the molecule is COc1ccc(C2=NN(C(=O)Cn3nnc(-c4ccsc4)n3)C(c3ccco3)C2)cc1. The Bertz CT molecular complexity index is 1200. The van der Waals surface area contributed by atoms with Crippen molar-refractivity contribution in [1.82, 2.24) is 25.2 Å². The summed E-state index contributed by atoms with van der Waals surface area (Å²) in [4.78, 5) is 14.4. The molecule has 0 bridgehead atoms. The predicted octanol–water partition coefficient (Wildman–Crippen LogP) is 3.38. The Kier molecular flexibility index (Phi) is 5.04. The van der Waals surface area contributed by atoms with Crippen LogP contribution in [-0.2, 0) is 11.3 Å². The van der Waals surface area contributed by atoms with Crippen LogP contribution in [0.2, 0.25) is 0 Å². The Hall–Kier alpha value is -3.79. The summed E-state index contributed by atoms with van der Waals surface area (Å²) < 4.78 is 10.8. The Morgan fingerprint density at radius 1 is 1.23 bits per heavy atom. The number of aromatic nitrogens is 4. The third-order valence-corrected chi connectivity index (χ3v) is 5.65. The monoisotopic (exact) mass is 434 g/mol. The molecule has 5 rings (SSSR count). The largest absolute Gasteiger partial charge is 0.497 e. The Balaban J connectivity index is 1.39. The molecule has 1 unspecified atom stereocenters. The van der Waals surface area contributed by atoms with Crippen molar-refractivity contribution in [3.63, 3.8) is 0 Å². The first-order valence-electron chi connectivity index (χ1n) is 9.59. The molecule has 9 nitrogen and oxygen atoms in total. The number of hydrogen-bond acceptors (Lipinski definition) is 8. The molecular weight excluding hydrogens is 416 g/mol. The quantitative estimate of drug-likeness (QED) is 0.461. The van der Waals surface area contributed by atoms with Crippen molar-refractivity contribution in [2.24, 2.45) is 5.10 Å². The van der Waals surface area contributed by atoms with Crippen LogP contribution in [-0.4, -0.2) is 43.9 Å². The minimum Gasteiger partial charge on any atom is -0.497 e. The maximum atomic E-state index is 13.1. The second kappa shape index (κ2) is 8.15. The summed E-state index contributed by atoms with van der Waals surface area (Å²) in [6.45, 7) is -0.0757. The molecule has 0 aliphatic carbocycles. The van der Waals surface area contributed by atoms with Crippen molar-refractivity contribution in [1.29, 1.82) is 0 Å². The van der Waals surface area contributed by atoms with E-state index < -0.39 is 0 Å². The number of hydrazone groups is 1. The van der Waals surface area contributed by atoms with Crippen LogP contribution in [0.5, 0.6) is 5.75 Å². The van der Waals surface area contributed by atoms with Gasteiger partial charge in [0.1, 0.15) is 24.1 Å². The van der Waals surface area contributed by atoms with E-state index in [2.05, 4.69) is 20.5 Å². The van der Waals surface area contributed by atoms with E-state index in [1.165, 1.54) is 9.81 Å². The van der Waals surface area contributed by atoms with Gasteiger partial charge in [0, 0.05) is 17.4 Å². The number of amides is 1. The summed E-state index contributed by atoms with van der Waals surface area (Å²) in [5.41, 5.74) is 2.59. The second-order valence-electron chi connectivity index (χ2n) is 6.90. The molecule has 0 radical (unpaired) electrons.